The summed E-state index contributed by atoms with van der Waals surface area (Å²) < 4.78 is 18.7. The molecule has 0 aliphatic heterocycles. The van der Waals surface area contributed by atoms with Gasteiger partial charge in [-0.2, -0.15) is 0 Å². The lowest BCUT2D eigenvalue weighted by Crippen LogP contribution is -2.48. The van der Waals surface area contributed by atoms with Crippen molar-refractivity contribution in [2.75, 3.05) is 0 Å². The van der Waals surface area contributed by atoms with Crippen LogP contribution in [0.3, 0.4) is 0 Å². The lowest BCUT2D eigenvalue weighted by atomic mass is 10.0. The summed E-state index contributed by atoms with van der Waals surface area (Å²) in [6.07, 6.45) is 0.219. The fourth-order valence-electron chi connectivity index (χ4n) is 1.47. The second-order valence-corrected chi connectivity index (χ2v) is 5.40. The summed E-state index contributed by atoms with van der Waals surface area (Å²) in [5.74, 6) is 0.0428. The van der Waals surface area contributed by atoms with Crippen molar-refractivity contribution in [1.82, 2.24) is 5.32 Å². The van der Waals surface area contributed by atoms with E-state index in [1.165, 1.54) is 12.1 Å². The molecule has 0 radical (unpaired) electrons. The van der Waals surface area contributed by atoms with Gasteiger partial charge < -0.3 is 10.1 Å². The summed E-state index contributed by atoms with van der Waals surface area (Å²) in [7, 11) is 0. The van der Waals surface area contributed by atoms with Crippen LogP contribution in [0.15, 0.2) is 18.2 Å². The Labute approximate surface area is 114 Å². The predicted octanol–water partition coefficient (Wildman–Crippen LogP) is 3.21. The van der Waals surface area contributed by atoms with Crippen molar-refractivity contribution < 1.29 is 13.9 Å². The quantitative estimate of drug-likeness (QED) is 0.889. The normalized spacial score (nSPS) is 12.9. The van der Waals surface area contributed by atoms with E-state index in [4.69, 9.17) is 4.74 Å². The minimum absolute atomic E-state index is 0.172. The van der Waals surface area contributed by atoms with Gasteiger partial charge in [-0.25, -0.2) is 4.39 Å². The van der Waals surface area contributed by atoms with Gasteiger partial charge in [-0.15, -0.1) is 0 Å². The zero-order valence-electron chi connectivity index (χ0n) is 12.2. The van der Waals surface area contributed by atoms with E-state index in [-0.39, 0.29) is 17.3 Å². The largest absolute Gasteiger partial charge is 0.481 e. The number of hydrogen-bond donors (Lipinski definition) is 1. The summed E-state index contributed by atoms with van der Waals surface area (Å²) >= 11 is 0. The number of hydrogen-bond acceptors (Lipinski definition) is 2. The maximum Gasteiger partial charge on any atom is 0.261 e. The predicted molar refractivity (Wildman–Crippen MR) is 73.7 cm³/mol. The number of benzene rings is 1. The molecule has 106 valence electrons. The standard InChI is InChI=1S/C15H22FNO2/c1-6-15(4,5)17-14(18)11(3)19-12-7-8-13(16)10(2)9-12/h7-9,11H,6H2,1-5H3,(H,17,18). The van der Waals surface area contributed by atoms with E-state index in [1.807, 2.05) is 20.8 Å². The summed E-state index contributed by atoms with van der Waals surface area (Å²) in [5.41, 5.74) is 0.243. The Morgan fingerprint density at radius 3 is 2.63 bits per heavy atom. The Bertz CT molecular complexity index is 457. The van der Waals surface area contributed by atoms with Gasteiger partial charge >= 0.3 is 0 Å². The minimum atomic E-state index is -0.615. The molecule has 0 heterocycles. The monoisotopic (exact) mass is 267 g/mol. The highest BCUT2D eigenvalue weighted by Crippen LogP contribution is 2.17. The number of carbonyl (C=O) groups is 1. The van der Waals surface area contributed by atoms with Crippen LogP contribution in [-0.4, -0.2) is 17.6 Å². The molecular weight excluding hydrogens is 245 g/mol. The first-order valence-electron chi connectivity index (χ1n) is 6.50. The van der Waals surface area contributed by atoms with E-state index in [9.17, 15) is 9.18 Å². The lowest BCUT2D eigenvalue weighted by Gasteiger charge is -2.26. The smallest absolute Gasteiger partial charge is 0.261 e. The van der Waals surface area contributed by atoms with Crippen molar-refractivity contribution >= 4 is 5.91 Å². The summed E-state index contributed by atoms with van der Waals surface area (Å²) in [5, 5.41) is 2.91. The van der Waals surface area contributed by atoms with Crippen LogP contribution in [0, 0.1) is 12.7 Å². The Balaban J connectivity index is 2.66. The Morgan fingerprint density at radius 2 is 2.11 bits per heavy atom. The maximum atomic E-state index is 13.1. The van der Waals surface area contributed by atoms with Gasteiger partial charge in [-0.1, -0.05) is 6.92 Å². The molecule has 4 heteroatoms. The third kappa shape index (κ3) is 4.54. The summed E-state index contributed by atoms with van der Waals surface area (Å²) in [6.45, 7) is 9.27. The highest BCUT2D eigenvalue weighted by Gasteiger charge is 2.22. The van der Waals surface area contributed by atoms with Crippen LogP contribution in [0.25, 0.3) is 0 Å². The molecule has 0 spiro atoms. The van der Waals surface area contributed by atoms with E-state index in [1.54, 1.807) is 19.9 Å². The van der Waals surface area contributed by atoms with Gasteiger partial charge in [0.2, 0.25) is 0 Å². The first kappa shape index (κ1) is 15.5. The van der Waals surface area contributed by atoms with Crippen LogP contribution in [0.2, 0.25) is 0 Å². The lowest BCUT2D eigenvalue weighted by molar-refractivity contribution is -0.128. The van der Waals surface area contributed by atoms with Crippen LogP contribution in [0.4, 0.5) is 4.39 Å². The van der Waals surface area contributed by atoms with Gasteiger partial charge in [0.25, 0.3) is 5.91 Å². The van der Waals surface area contributed by atoms with E-state index in [0.29, 0.717) is 11.3 Å². The molecular formula is C15H22FNO2. The van der Waals surface area contributed by atoms with Gasteiger partial charge in [-0.05, 0) is 57.9 Å². The molecule has 1 aromatic rings. The number of rotatable bonds is 5. The van der Waals surface area contributed by atoms with E-state index in [2.05, 4.69) is 5.32 Å². The van der Waals surface area contributed by atoms with Gasteiger partial charge in [0.05, 0.1) is 0 Å². The number of halogens is 1. The number of nitrogens with one attached hydrogen (secondary N) is 1. The van der Waals surface area contributed by atoms with Crippen LogP contribution < -0.4 is 10.1 Å². The van der Waals surface area contributed by atoms with Gasteiger partial charge in [0.15, 0.2) is 6.10 Å². The van der Waals surface area contributed by atoms with Crippen LogP contribution in [0.5, 0.6) is 5.75 Å². The van der Waals surface area contributed by atoms with Gasteiger partial charge in [0.1, 0.15) is 11.6 Å². The average Bonchev–Trinajstić information content (AvgIpc) is 2.33. The average molecular weight is 267 g/mol. The van der Waals surface area contributed by atoms with Gasteiger partial charge in [-0.3, -0.25) is 4.79 Å². The van der Waals surface area contributed by atoms with Crippen molar-refractivity contribution in [3.05, 3.63) is 29.6 Å². The highest BCUT2D eigenvalue weighted by molar-refractivity contribution is 5.81. The van der Waals surface area contributed by atoms with Crippen LogP contribution >= 0.6 is 0 Å². The van der Waals surface area contributed by atoms with Crippen molar-refractivity contribution in [1.29, 1.82) is 0 Å². The maximum absolute atomic E-state index is 13.1. The van der Waals surface area contributed by atoms with Crippen LogP contribution in [-0.2, 0) is 4.79 Å². The second kappa shape index (κ2) is 6.04. The zero-order chi connectivity index (χ0) is 14.6. The number of aryl methyl sites for hydroxylation is 1. The number of carbonyl (C=O) groups excluding carboxylic acids is 1. The third-order valence-electron chi connectivity index (χ3n) is 3.16. The summed E-state index contributed by atoms with van der Waals surface area (Å²) in [4.78, 5) is 12.0. The van der Waals surface area contributed by atoms with E-state index >= 15 is 0 Å². The van der Waals surface area contributed by atoms with Crippen molar-refractivity contribution in [2.45, 2.75) is 52.7 Å². The fraction of sp³-hybridized carbons (Fsp3) is 0.533. The van der Waals surface area contributed by atoms with E-state index < -0.39 is 6.10 Å². The topological polar surface area (TPSA) is 38.3 Å². The molecule has 0 fully saturated rings. The molecule has 0 bridgehead atoms. The van der Waals surface area contributed by atoms with Crippen molar-refractivity contribution in [3.8, 4) is 5.75 Å². The Kier molecular flexibility index (Phi) is 4.92. The molecule has 0 aliphatic carbocycles. The fourth-order valence-corrected chi connectivity index (χ4v) is 1.47. The molecule has 1 unspecified atom stereocenters. The molecule has 1 rings (SSSR count). The number of ether oxygens (including phenoxy) is 1. The molecule has 0 aromatic heterocycles. The molecule has 1 atom stereocenters. The van der Waals surface area contributed by atoms with Gasteiger partial charge in [0, 0.05) is 5.54 Å². The molecule has 0 saturated heterocycles. The van der Waals surface area contributed by atoms with Crippen molar-refractivity contribution in [2.24, 2.45) is 0 Å². The Hall–Kier alpha value is -1.58. The van der Waals surface area contributed by atoms with E-state index in [0.717, 1.165) is 6.42 Å². The second-order valence-electron chi connectivity index (χ2n) is 5.40. The molecule has 0 saturated carbocycles. The zero-order valence-corrected chi connectivity index (χ0v) is 12.2. The molecule has 1 amide bonds. The summed E-state index contributed by atoms with van der Waals surface area (Å²) in [6, 6.07) is 4.45. The van der Waals surface area contributed by atoms with Crippen molar-refractivity contribution in [3.63, 3.8) is 0 Å². The first-order valence-corrected chi connectivity index (χ1v) is 6.50. The molecule has 0 aliphatic rings. The number of amides is 1. The minimum Gasteiger partial charge on any atom is -0.481 e. The molecule has 1 aromatic carbocycles. The SMILES string of the molecule is CCC(C)(C)NC(=O)C(C)Oc1ccc(F)c(C)c1. The molecule has 3 nitrogen and oxygen atoms in total. The molecule has 1 N–H and O–H groups in total. The first-order chi connectivity index (χ1) is 8.75. The highest BCUT2D eigenvalue weighted by atomic mass is 19.1. The third-order valence-corrected chi connectivity index (χ3v) is 3.16. The van der Waals surface area contributed by atoms with Crippen LogP contribution in [0.1, 0.15) is 39.7 Å². The Morgan fingerprint density at radius 1 is 1.47 bits per heavy atom. The molecule has 19 heavy (non-hydrogen) atoms.